The lowest BCUT2D eigenvalue weighted by atomic mass is 10.1. The summed E-state index contributed by atoms with van der Waals surface area (Å²) in [5.74, 6) is -1.65. The normalized spacial score (nSPS) is 11.5. The minimum absolute atomic E-state index is 0.0592. The average molecular weight is 586 g/mol. The Kier molecular flexibility index (Phi) is 6.34. The van der Waals surface area contributed by atoms with Gasteiger partial charge in [-0.15, -0.1) is 11.3 Å². The van der Waals surface area contributed by atoms with Gasteiger partial charge in [-0.05, 0) is 46.3 Å². The van der Waals surface area contributed by atoms with Crippen molar-refractivity contribution in [2.24, 2.45) is 0 Å². The summed E-state index contributed by atoms with van der Waals surface area (Å²) in [6.45, 7) is 0. The van der Waals surface area contributed by atoms with Crippen molar-refractivity contribution in [3.8, 4) is 17.6 Å². The van der Waals surface area contributed by atoms with E-state index in [1.165, 1.54) is 41.8 Å². The van der Waals surface area contributed by atoms with Crippen LogP contribution in [0.25, 0.3) is 10.9 Å². The lowest BCUT2D eigenvalue weighted by Crippen LogP contribution is -2.12. The van der Waals surface area contributed by atoms with Crippen molar-refractivity contribution in [3.63, 3.8) is 0 Å². The van der Waals surface area contributed by atoms with Gasteiger partial charge in [-0.1, -0.05) is 18.2 Å². The predicted octanol–water partition coefficient (Wildman–Crippen LogP) is 6.63. The second-order valence-corrected chi connectivity index (χ2v) is 11.2. The molecular formula is C25H14BrF2N3O3S2. The monoisotopic (exact) mass is 585 g/mol. The van der Waals surface area contributed by atoms with Gasteiger partial charge < -0.3 is 4.74 Å². The third-order valence-corrected chi connectivity index (χ3v) is 8.66. The summed E-state index contributed by atoms with van der Waals surface area (Å²) in [5.41, 5.74) is 0.238. The number of rotatable bonds is 6. The van der Waals surface area contributed by atoms with E-state index in [0.29, 0.717) is 20.6 Å². The summed E-state index contributed by atoms with van der Waals surface area (Å²) >= 11 is 4.64. The molecule has 0 N–H and O–H groups in total. The van der Waals surface area contributed by atoms with E-state index in [2.05, 4.69) is 20.9 Å². The van der Waals surface area contributed by atoms with Crippen molar-refractivity contribution < 1.29 is 21.9 Å². The van der Waals surface area contributed by atoms with Gasteiger partial charge in [0.2, 0.25) is 0 Å². The van der Waals surface area contributed by atoms with Crippen LogP contribution in [0.5, 0.6) is 11.5 Å². The summed E-state index contributed by atoms with van der Waals surface area (Å²) in [4.78, 5) is 4.43. The molecule has 0 radical (unpaired) electrons. The maximum Gasteiger partial charge on any atom is 0.268 e. The van der Waals surface area contributed by atoms with Gasteiger partial charge >= 0.3 is 0 Å². The molecule has 5 aromatic rings. The van der Waals surface area contributed by atoms with Crippen molar-refractivity contribution in [1.29, 1.82) is 5.26 Å². The Morgan fingerprint density at radius 1 is 1.08 bits per heavy atom. The van der Waals surface area contributed by atoms with Crippen LogP contribution in [0.4, 0.5) is 8.78 Å². The predicted molar refractivity (Wildman–Crippen MR) is 135 cm³/mol. The summed E-state index contributed by atoms with van der Waals surface area (Å²) in [5, 5.41) is 12.0. The Morgan fingerprint density at radius 2 is 1.86 bits per heavy atom. The van der Waals surface area contributed by atoms with Gasteiger partial charge in [0.25, 0.3) is 10.0 Å². The molecule has 2 aromatic heterocycles. The molecule has 0 fully saturated rings. The maximum atomic E-state index is 15.6. The zero-order chi connectivity index (χ0) is 25.4. The third-order valence-electron chi connectivity index (χ3n) is 5.40. The van der Waals surface area contributed by atoms with Crippen LogP contribution in [-0.2, 0) is 16.4 Å². The number of aromatic nitrogens is 2. The van der Waals surface area contributed by atoms with Crippen molar-refractivity contribution >= 4 is 48.2 Å². The van der Waals surface area contributed by atoms with E-state index in [1.807, 2.05) is 0 Å². The fraction of sp³-hybridized carbons (Fsp3) is 0.0400. The Morgan fingerprint density at radius 3 is 2.56 bits per heavy atom. The Labute approximate surface area is 217 Å². The lowest BCUT2D eigenvalue weighted by molar-refractivity contribution is 0.437. The number of fused-ring (bicyclic) bond motifs is 1. The van der Waals surface area contributed by atoms with Crippen LogP contribution in [0.1, 0.15) is 16.1 Å². The number of hydrogen-bond donors (Lipinski definition) is 0. The first-order valence-corrected chi connectivity index (χ1v) is 13.5. The third kappa shape index (κ3) is 4.39. The van der Waals surface area contributed by atoms with E-state index >= 15 is 4.39 Å². The number of nitrogens with zero attached hydrogens (tertiary/aromatic N) is 3. The molecule has 180 valence electrons. The fourth-order valence-electron chi connectivity index (χ4n) is 3.77. The standard InChI is InChI=1S/C25H14BrF2N3O3S2/c26-23-14-35-24(30-23)11-19-18-8-9-31(36(32,33)17-4-2-1-3-5-17)22(18)12-21(28)25(19)34-16-6-7-20(27)15(10-16)13-29/h1-10,12,14H,11H2. The summed E-state index contributed by atoms with van der Waals surface area (Å²) in [6, 6.07) is 15.7. The second-order valence-electron chi connectivity index (χ2n) is 7.62. The Bertz CT molecular complexity index is 1760. The molecule has 0 atom stereocenters. The molecule has 0 amide bonds. The summed E-state index contributed by atoms with van der Waals surface area (Å²) < 4.78 is 63.4. The van der Waals surface area contributed by atoms with E-state index in [1.54, 1.807) is 35.7 Å². The smallest absolute Gasteiger partial charge is 0.268 e. The molecular weight excluding hydrogens is 572 g/mol. The quantitative estimate of drug-likeness (QED) is 0.223. The van der Waals surface area contributed by atoms with Gasteiger partial charge in [-0.25, -0.2) is 26.2 Å². The van der Waals surface area contributed by atoms with Crippen LogP contribution in [0.2, 0.25) is 0 Å². The summed E-state index contributed by atoms with van der Waals surface area (Å²) in [6.07, 6.45) is 1.50. The highest BCUT2D eigenvalue weighted by atomic mass is 79.9. The molecule has 3 aromatic carbocycles. The molecule has 0 spiro atoms. The average Bonchev–Trinajstić information content (AvgIpc) is 3.48. The molecule has 6 nitrogen and oxygen atoms in total. The first-order valence-electron chi connectivity index (χ1n) is 10.4. The van der Waals surface area contributed by atoms with E-state index < -0.39 is 21.7 Å². The Hall–Kier alpha value is -3.59. The first-order chi connectivity index (χ1) is 17.3. The van der Waals surface area contributed by atoms with Gasteiger partial charge in [0.05, 0.1) is 21.0 Å². The zero-order valence-corrected chi connectivity index (χ0v) is 21.4. The maximum absolute atomic E-state index is 15.6. The molecule has 0 unspecified atom stereocenters. The first kappa shape index (κ1) is 24.1. The van der Waals surface area contributed by atoms with Crippen molar-refractivity contribution in [2.45, 2.75) is 11.3 Å². The van der Waals surface area contributed by atoms with E-state index in [4.69, 9.17) is 10.00 Å². The van der Waals surface area contributed by atoms with Gasteiger partial charge in [0, 0.05) is 41.1 Å². The second kappa shape index (κ2) is 9.46. The molecule has 0 bridgehead atoms. The van der Waals surface area contributed by atoms with Gasteiger partial charge in [0.15, 0.2) is 11.6 Å². The molecule has 36 heavy (non-hydrogen) atoms. The molecule has 2 heterocycles. The number of thiazole rings is 1. The highest BCUT2D eigenvalue weighted by Gasteiger charge is 2.24. The zero-order valence-electron chi connectivity index (χ0n) is 18.2. The van der Waals surface area contributed by atoms with Crippen LogP contribution in [0.3, 0.4) is 0 Å². The fourth-order valence-corrected chi connectivity index (χ4v) is 6.40. The number of hydrogen-bond acceptors (Lipinski definition) is 6. The molecule has 0 aliphatic carbocycles. The van der Waals surface area contributed by atoms with Crippen molar-refractivity contribution in [2.75, 3.05) is 0 Å². The molecule has 0 saturated carbocycles. The molecule has 0 saturated heterocycles. The van der Waals surface area contributed by atoms with Crippen LogP contribution in [0.15, 0.2) is 81.7 Å². The van der Waals surface area contributed by atoms with E-state index in [0.717, 1.165) is 16.1 Å². The Balaban J connectivity index is 1.70. The highest BCUT2D eigenvalue weighted by molar-refractivity contribution is 9.10. The molecule has 0 aliphatic heterocycles. The van der Waals surface area contributed by atoms with Crippen LogP contribution in [-0.4, -0.2) is 17.4 Å². The van der Waals surface area contributed by atoms with Gasteiger partial charge in [-0.3, -0.25) is 0 Å². The number of halogens is 3. The molecule has 11 heteroatoms. The van der Waals surface area contributed by atoms with E-state index in [9.17, 15) is 12.8 Å². The van der Waals surface area contributed by atoms with E-state index in [-0.39, 0.29) is 33.9 Å². The van der Waals surface area contributed by atoms with Crippen LogP contribution in [0, 0.1) is 23.0 Å². The lowest BCUT2D eigenvalue weighted by Gasteiger charge is -2.15. The minimum Gasteiger partial charge on any atom is -0.454 e. The minimum atomic E-state index is -4.00. The number of ether oxygens (including phenoxy) is 1. The molecule has 5 rings (SSSR count). The number of benzene rings is 3. The van der Waals surface area contributed by atoms with Crippen LogP contribution < -0.4 is 4.74 Å². The molecule has 0 aliphatic rings. The van der Waals surface area contributed by atoms with Gasteiger partial charge in [0.1, 0.15) is 22.2 Å². The topological polar surface area (TPSA) is 85.0 Å². The van der Waals surface area contributed by atoms with Crippen molar-refractivity contribution in [3.05, 3.63) is 105 Å². The largest absolute Gasteiger partial charge is 0.454 e. The SMILES string of the molecule is N#Cc1cc(Oc2c(F)cc3c(ccn3S(=O)(=O)c3ccccc3)c2Cc2nc(Br)cs2)ccc1F. The van der Waals surface area contributed by atoms with Crippen LogP contribution >= 0.6 is 27.3 Å². The summed E-state index contributed by atoms with van der Waals surface area (Å²) in [7, 11) is -4.00. The number of nitriles is 1. The van der Waals surface area contributed by atoms with Gasteiger partial charge in [-0.2, -0.15) is 5.26 Å². The van der Waals surface area contributed by atoms with Crippen molar-refractivity contribution in [1.82, 2.24) is 8.96 Å². The highest BCUT2D eigenvalue weighted by Crippen LogP contribution is 2.38.